The van der Waals surface area contributed by atoms with Crippen molar-refractivity contribution >= 4 is 0 Å². The lowest BCUT2D eigenvalue weighted by molar-refractivity contribution is 0.0917. The topological polar surface area (TPSA) is 3.24 Å². The van der Waals surface area contributed by atoms with E-state index in [1.807, 2.05) is 0 Å². The number of likely N-dealkylation sites (tertiary alicyclic amines) is 1. The highest BCUT2D eigenvalue weighted by molar-refractivity contribution is 4.89. The fourth-order valence-electron chi connectivity index (χ4n) is 1.81. The Bertz CT molecular complexity index is 155. The first-order valence-electron chi connectivity index (χ1n) is 4.91. The van der Waals surface area contributed by atoms with Gasteiger partial charge in [0.25, 0.3) is 0 Å². The lowest BCUT2D eigenvalue weighted by Crippen LogP contribution is -2.46. The van der Waals surface area contributed by atoms with Gasteiger partial charge in [0, 0.05) is 12.1 Å². The molecule has 0 aromatic rings. The highest BCUT2D eigenvalue weighted by Crippen LogP contribution is 2.23. The minimum atomic E-state index is 0.335. The first-order chi connectivity index (χ1) is 5.54. The molecule has 0 spiro atoms. The van der Waals surface area contributed by atoms with E-state index in [-0.39, 0.29) is 0 Å². The molecule has 0 aliphatic carbocycles. The molecule has 0 amide bonds. The van der Waals surface area contributed by atoms with Gasteiger partial charge in [0.2, 0.25) is 0 Å². The fraction of sp³-hybridized carbons (Fsp3) is 0.818. The van der Waals surface area contributed by atoms with E-state index < -0.39 is 0 Å². The molecule has 1 aliphatic heterocycles. The lowest BCUT2D eigenvalue weighted by Gasteiger charge is -2.40. The van der Waals surface area contributed by atoms with Gasteiger partial charge in [-0.3, -0.25) is 4.90 Å². The maximum absolute atomic E-state index is 3.87. The van der Waals surface area contributed by atoms with Crippen molar-refractivity contribution in [1.82, 2.24) is 4.90 Å². The zero-order valence-electron chi connectivity index (χ0n) is 8.64. The van der Waals surface area contributed by atoms with Crippen LogP contribution in [0.1, 0.15) is 33.6 Å². The van der Waals surface area contributed by atoms with Crippen LogP contribution in [-0.4, -0.2) is 23.5 Å². The average Bonchev–Trinajstić information content (AvgIpc) is 2.03. The first-order valence-corrected chi connectivity index (χ1v) is 4.91. The van der Waals surface area contributed by atoms with Crippen LogP contribution in [0, 0.1) is 5.92 Å². The zero-order valence-corrected chi connectivity index (χ0v) is 8.64. The van der Waals surface area contributed by atoms with Gasteiger partial charge in [0.15, 0.2) is 0 Å². The van der Waals surface area contributed by atoms with Gasteiger partial charge in [-0.2, -0.15) is 0 Å². The van der Waals surface area contributed by atoms with Crippen LogP contribution in [0.3, 0.4) is 0 Å². The summed E-state index contributed by atoms with van der Waals surface area (Å²) in [5, 5.41) is 0. The van der Waals surface area contributed by atoms with Gasteiger partial charge in [0.1, 0.15) is 0 Å². The molecule has 70 valence electrons. The maximum atomic E-state index is 3.87. The summed E-state index contributed by atoms with van der Waals surface area (Å²) in [6, 6.07) is 0. The summed E-state index contributed by atoms with van der Waals surface area (Å²) in [5.74, 6) is 0.720. The van der Waals surface area contributed by atoms with Gasteiger partial charge < -0.3 is 0 Å². The van der Waals surface area contributed by atoms with Crippen LogP contribution in [0.4, 0.5) is 0 Å². The molecule has 1 heterocycles. The highest BCUT2D eigenvalue weighted by atomic mass is 15.2. The molecule has 1 atom stereocenters. The molecule has 0 aromatic carbocycles. The number of nitrogens with zero attached hydrogens (tertiary/aromatic N) is 1. The SMILES string of the molecule is C=C[C@@H]1CCCN(C(C)(C)C)C1. The summed E-state index contributed by atoms with van der Waals surface area (Å²) in [6.45, 7) is 13.2. The van der Waals surface area contributed by atoms with Crippen LogP contribution in [-0.2, 0) is 0 Å². The molecule has 1 fully saturated rings. The van der Waals surface area contributed by atoms with E-state index in [2.05, 4.69) is 38.3 Å². The molecule has 0 saturated carbocycles. The summed E-state index contributed by atoms with van der Waals surface area (Å²) >= 11 is 0. The van der Waals surface area contributed by atoms with Crippen molar-refractivity contribution in [3.63, 3.8) is 0 Å². The number of hydrogen-bond donors (Lipinski definition) is 0. The standard InChI is InChI=1S/C11H21N/c1-5-10-7-6-8-12(9-10)11(2,3)4/h5,10H,1,6-9H2,2-4H3/t10-/m1/s1. The molecule has 1 rings (SSSR count). The van der Waals surface area contributed by atoms with Crippen molar-refractivity contribution in [3.8, 4) is 0 Å². The van der Waals surface area contributed by atoms with Gasteiger partial charge in [-0.1, -0.05) is 6.08 Å². The van der Waals surface area contributed by atoms with Crippen molar-refractivity contribution in [3.05, 3.63) is 12.7 Å². The molecule has 12 heavy (non-hydrogen) atoms. The molecule has 1 nitrogen and oxygen atoms in total. The molecule has 0 unspecified atom stereocenters. The van der Waals surface area contributed by atoms with Crippen molar-refractivity contribution in [2.75, 3.05) is 13.1 Å². The average molecular weight is 167 g/mol. The van der Waals surface area contributed by atoms with E-state index in [4.69, 9.17) is 0 Å². The highest BCUT2D eigenvalue weighted by Gasteiger charge is 2.26. The Morgan fingerprint density at radius 3 is 2.58 bits per heavy atom. The molecule has 1 saturated heterocycles. The van der Waals surface area contributed by atoms with E-state index in [1.54, 1.807) is 0 Å². The van der Waals surface area contributed by atoms with Crippen LogP contribution < -0.4 is 0 Å². The molecule has 1 aliphatic rings. The predicted octanol–water partition coefficient (Wildman–Crippen LogP) is 2.68. The van der Waals surface area contributed by atoms with E-state index in [1.165, 1.54) is 25.9 Å². The Balaban J connectivity index is 2.51. The van der Waals surface area contributed by atoms with Gasteiger partial charge in [-0.15, -0.1) is 6.58 Å². The fourth-order valence-corrected chi connectivity index (χ4v) is 1.81. The second-order valence-corrected chi connectivity index (χ2v) is 4.75. The van der Waals surface area contributed by atoms with Crippen LogP contribution in [0.5, 0.6) is 0 Å². The third-order valence-corrected chi connectivity index (χ3v) is 2.74. The Labute approximate surface area is 76.5 Å². The Kier molecular flexibility index (Phi) is 2.94. The van der Waals surface area contributed by atoms with Crippen LogP contribution in [0.15, 0.2) is 12.7 Å². The van der Waals surface area contributed by atoms with Crippen molar-refractivity contribution < 1.29 is 0 Å². The first kappa shape index (κ1) is 9.79. The van der Waals surface area contributed by atoms with Gasteiger partial charge in [-0.25, -0.2) is 0 Å². The largest absolute Gasteiger partial charge is 0.298 e. The van der Waals surface area contributed by atoms with Crippen LogP contribution in [0.2, 0.25) is 0 Å². The molecule has 0 radical (unpaired) electrons. The predicted molar refractivity (Wildman–Crippen MR) is 54.2 cm³/mol. The van der Waals surface area contributed by atoms with Crippen molar-refractivity contribution in [2.45, 2.75) is 39.2 Å². The van der Waals surface area contributed by atoms with Crippen molar-refractivity contribution in [1.29, 1.82) is 0 Å². The Morgan fingerprint density at radius 1 is 1.42 bits per heavy atom. The summed E-state index contributed by atoms with van der Waals surface area (Å²) in [5.41, 5.74) is 0.335. The quantitative estimate of drug-likeness (QED) is 0.543. The van der Waals surface area contributed by atoms with Crippen LogP contribution in [0.25, 0.3) is 0 Å². The molecule has 1 heteroatoms. The van der Waals surface area contributed by atoms with Gasteiger partial charge in [0.05, 0.1) is 0 Å². The third-order valence-electron chi connectivity index (χ3n) is 2.74. The summed E-state index contributed by atoms with van der Waals surface area (Å²) in [6.07, 6.45) is 4.77. The lowest BCUT2D eigenvalue weighted by atomic mass is 9.94. The van der Waals surface area contributed by atoms with Gasteiger partial charge in [-0.05, 0) is 46.1 Å². The monoisotopic (exact) mass is 167 g/mol. The summed E-state index contributed by atoms with van der Waals surface area (Å²) in [4.78, 5) is 2.56. The molecule has 0 aromatic heterocycles. The van der Waals surface area contributed by atoms with E-state index in [0.717, 1.165) is 5.92 Å². The minimum absolute atomic E-state index is 0.335. The second-order valence-electron chi connectivity index (χ2n) is 4.75. The van der Waals surface area contributed by atoms with Gasteiger partial charge >= 0.3 is 0 Å². The Morgan fingerprint density at radius 2 is 2.08 bits per heavy atom. The number of hydrogen-bond acceptors (Lipinski definition) is 1. The number of rotatable bonds is 1. The Hall–Kier alpha value is -0.300. The molecular weight excluding hydrogens is 146 g/mol. The third kappa shape index (κ3) is 2.34. The minimum Gasteiger partial charge on any atom is -0.298 e. The van der Waals surface area contributed by atoms with E-state index >= 15 is 0 Å². The molecule has 0 bridgehead atoms. The summed E-state index contributed by atoms with van der Waals surface area (Å²) in [7, 11) is 0. The maximum Gasteiger partial charge on any atom is 0.0125 e. The van der Waals surface area contributed by atoms with Crippen molar-refractivity contribution in [2.24, 2.45) is 5.92 Å². The normalized spacial score (nSPS) is 27.1. The number of piperidine rings is 1. The smallest absolute Gasteiger partial charge is 0.0125 e. The zero-order chi connectivity index (χ0) is 9.19. The van der Waals surface area contributed by atoms with Crippen LogP contribution >= 0.6 is 0 Å². The van der Waals surface area contributed by atoms with E-state index in [0.29, 0.717) is 5.54 Å². The second kappa shape index (κ2) is 3.61. The molecular formula is C11H21N. The van der Waals surface area contributed by atoms with E-state index in [9.17, 15) is 0 Å². The summed E-state index contributed by atoms with van der Waals surface area (Å²) < 4.78 is 0. The molecule has 0 N–H and O–H groups in total.